The van der Waals surface area contributed by atoms with Gasteiger partial charge in [0.15, 0.2) is 0 Å². The fourth-order valence-electron chi connectivity index (χ4n) is 1.38. The van der Waals surface area contributed by atoms with E-state index in [1.54, 1.807) is 0 Å². The number of rotatable bonds is 2. The summed E-state index contributed by atoms with van der Waals surface area (Å²) in [5, 5.41) is 0. The number of hydrogen-bond donors (Lipinski definition) is 0. The molecule has 0 saturated carbocycles. The van der Waals surface area contributed by atoms with Crippen LogP contribution >= 0.6 is 0 Å². The Morgan fingerprint density at radius 3 is 1.69 bits per heavy atom. The van der Waals surface area contributed by atoms with Gasteiger partial charge in [-0.25, -0.2) is 0 Å². The molecule has 0 aromatic carbocycles. The summed E-state index contributed by atoms with van der Waals surface area (Å²) in [5.41, 5.74) is 2.86. The molecule has 2 aliphatic rings. The molecule has 0 bridgehead atoms. The molecular weight excluding hydrogens is 303 g/mol. The summed E-state index contributed by atoms with van der Waals surface area (Å²) in [5.74, 6) is 0. The van der Waals surface area contributed by atoms with Crippen molar-refractivity contribution in [2.24, 2.45) is 0 Å². The molecule has 66 valence electrons. The van der Waals surface area contributed by atoms with Crippen LogP contribution in [0.3, 0.4) is 0 Å². The molecule has 0 aromatic heterocycles. The summed E-state index contributed by atoms with van der Waals surface area (Å²) in [7, 11) is 0. The van der Waals surface area contributed by atoms with Crippen LogP contribution in [0.15, 0.2) is 47.6 Å². The van der Waals surface area contributed by atoms with Crippen molar-refractivity contribution in [2.75, 3.05) is 0 Å². The first kappa shape index (κ1) is 13.2. The number of allylic oxidation sites excluding steroid dienone is 8. The molecule has 0 unspecified atom stereocenters. The number of hydrogen-bond acceptors (Lipinski definition) is 0. The Hall–Kier alpha value is 0.193. The van der Waals surface area contributed by atoms with Crippen LogP contribution in [0.4, 0.5) is 0 Å². The molecule has 0 radical (unpaired) electrons. The standard InChI is InChI=1S/C11H11.BrH.Zr/c1-2-6-10(5-1)9-11-7-3-4-8-11;;/h1-5,7,9H,6,8H2;1H;/q-1;;+2/p-1. The Balaban J connectivity index is 0.000000720. The van der Waals surface area contributed by atoms with E-state index in [1.807, 2.05) is 0 Å². The molecule has 0 spiro atoms. The monoisotopic (exact) mass is 312 g/mol. The molecule has 2 rings (SSSR count). The second-order valence-electron chi connectivity index (χ2n) is 2.89. The van der Waals surface area contributed by atoms with Gasteiger partial charge in [-0.3, -0.25) is 0 Å². The van der Waals surface area contributed by atoms with Crippen LogP contribution in [0.1, 0.15) is 12.8 Å². The first-order valence-corrected chi connectivity index (χ1v) is 4.01. The zero-order chi connectivity index (χ0) is 7.52. The van der Waals surface area contributed by atoms with Crippen LogP contribution in [0.5, 0.6) is 0 Å². The zero-order valence-electron chi connectivity index (χ0n) is 7.33. The molecule has 2 aliphatic carbocycles. The van der Waals surface area contributed by atoms with Crippen LogP contribution in [0.2, 0.25) is 0 Å². The van der Waals surface area contributed by atoms with E-state index >= 15 is 0 Å². The molecule has 0 saturated heterocycles. The quantitative estimate of drug-likeness (QED) is 0.628. The van der Waals surface area contributed by atoms with Gasteiger partial charge >= 0.3 is 26.2 Å². The van der Waals surface area contributed by atoms with Crippen LogP contribution in [0.25, 0.3) is 0 Å². The van der Waals surface area contributed by atoms with Crippen LogP contribution in [-0.4, -0.2) is 0 Å². The Kier molecular flexibility index (Phi) is 6.72. The smallest absolute Gasteiger partial charge is 1.00 e. The normalized spacial score (nSPS) is 17.2. The van der Waals surface area contributed by atoms with Gasteiger partial charge in [0, 0.05) is 0 Å². The van der Waals surface area contributed by atoms with Crippen molar-refractivity contribution in [3.05, 3.63) is 54.0 Å². The van der Waals surface area contributed by atoms with Gasteiger partial charge in [0.25, 0.3) is 0 Å². The molecule has 0 nitrogen and oxygen atoms in total. The molecule has 13 heavy (non-hydrogen) atoms. The maximum atomic E-state index is 2.28. The molecule has 0 fully saturated rings. The Morgan fingerprint density at radius 1 is 0.923 bits per heavy atom. The summed E-state index contributed by atoms with van der Waals surface area (Å²) in [6, 6.07) is 0. The van der Waals surface area contributed by atoms with E-state index < -0.39 is 0 Å². The Labute approximate surface area is 109 Å². The van der Waals surface area contributed by atoms with Gasteiger partial charge in [0.1, 0.15) is 0 Å². The summed E-state index contributed by atoms with van der Waals surface area (Å²) >= 11 is 0. The molecule has 0 N–H and O–H groups in total. The van der Waals surface area contributed by atoms with Crippen LogP contribution in [0, 0.1) is 6.42 Å². The van der Waals surface area contributed by atoms with E-state index in [1.165, 1.54) is 11.1 Å². The van der Waals surface area contributed by atoms with Gasteiger partial charge in [-0.2, -0.15) is 29.7 Å². The van der Waals surface area contributed by atoms with Gasteiger partial charge in [-0.1, -0.05) is 12.2 Å². The van der Waals surface area contributed by atoms with Crippen molar-refractivity contribution in [1.29, 1.82) is 0 Å². The van der Waals surface area contributed by atoms with Crippen molar-refractivity contribution in [2.45, 2.75) is 12.8 Å². The van der Waals surface area contributed by atoms with E-state index in [2.05, 4.69) is 42.9 Å². The topological polar surface area (TPSA) is 0 Å². The second kappa shape index (κ2) is 6.62. The van der Waals surface area contributed by atoms with Crippen molar-refractivity contribution < 1.29 is 43.2 Å². The minimum atomic E-state index is 0. The first-order chi connectivity index (χ1) is 5.45. The van der Waals surface area contributed by atoms with E-state index in [9.17, 15) is 0 Å². The van der Waals surface area contributed by atoms with E-state index in [-0.39, 0.29) is 43.2 Å². The van der Waals surface area contributed by atoms with Crippen LogP contribution < -0.4 is 17.0 Å². The molecule has 0 atom stereocenters. The van der Waals surface area contributed by atoms with E-state index in [0.29, 0.717) is 0 Å². The van der Waals surface area contributed by atoms with E-state index in [4.69, 9.17) is 0 Å². The molecule has 2 heteroatoms. The second-order valence-corrected chi connectivity index (χ2v) is 2.89. The summed E-state index contributed by atoms with van der Waals surface area (Å²) < 4.78 is 0. The van der Waals surface area contributed by atoms with Crippen molar-refractivity contribution in [1.82, 2.24) is 0 Å². The molecular formula is C11H11BrZr. The summed E-state index contributed by atoms with van der Waals surface area (Å²) in [6.45, 7) is 0. The third kappa shape index (κ3) is 3.83. The average molecular weight is 314 g/mol. The molecule has 0 aromatic rings. The predicted molar refractivity (Wildman–Crippen MR) is 48.0 cm³/mol. The third-order valence-corrected chi connectivity index (χ3v) is 1.97. The van der Waals surface area contributed by atoms with Crippen LogP contribution in [-0.2, 0) is 26.2 Å². The van der Waals surface area contributed by atoms with Gasteiger partial charge < -0.3 is 17.0 Å². The molecule has 0 aliphatic heterocycles. The molecule has 0 heterocycles. The largest absolute Gasteiger partial charge is 2.00 e. The third-order valence-electron chi connectivity index (χ3n) is 1.97. The van der Waals surface area contributed by atoms with Gasteiger partial charge in [-0.15, -0.1) is 12.2 Å². The van der Waals surface area contributed by atoms with Gasteiger partial charge in [0.05, 0.1) is 0 Å². The first-order valence-electron chi connectivity index (χ1n) is 4.01. The zero-order valence-corrected chi connectivity index (χ0v) is 11.4. The van der Waals surface area contributed by atoms with E-state index in [0.717, 1.165) is 12.8 Å². The Bertz CT molecular complexity index is 244. The predicted octanol–water partition coefficient (Wildman–Crippen LogP) is -0.0352. The van der Waals surface area contributed by atoms with Crippen molar-refractivity contribution in [3.8, 4) is 0 Å². The van der Waals surface area contributed by atoms with Crippen molar-refractivity contribution in [3.63, 3.8) is 0 Å². The van der Waals surface area contributed by atoms with Gasteiger partial charge in [-0.05, 0) is 12.8 Å². The SMILES string of the molecule is C1=CCC([CH-]C2=CC=CC2)=C1.[Br-].[Zr+2]. The summed E-state index contributed by atoms with van der Waals surface area (Å²) in [6.07, 6.45) is 17.5. The average Bonchev–Trinajstić information content (AvgIpc) is 2.60. The van der Waals surface area contributed by atoms with Gasteiger partial charge in [0.2, 0.25) is 0 Å². The maximum absolute atomic E-state index is 2.28. The van der Waals surface area contributed by atoms with Crippen molar-refractivity contribution >= 4 is 0 Å². The fourth-order valence-corrected chi connectivity index (χ4v) is 1.38. The summed E-state index contributed by atoms with van der Waals surface area (Å²) in [4.78, 5) is 0. The maximum Gasteiger partial charge on any atom is 2.00 e. The number of halogens is 1. The fraction of sp³-hybridized carbons (Fsp3) is 0.182. The Morgan fingerprint density at radius 2 is 1.38 bits per heavy atom. The minimum absolute atomic E-state index is 0. The molecule has 0 amide bonds. The minimum Gasteiger partial charge on any atom is -1.00 e.